The van der Waals surface area contributed by atoms with Gasteiger partial charge in [-0.3, -0.25) is 4.79 Å². The van der Waals surface area contributed by atoms with Crippen LogP contribution >= 0.6 is 27.5 Å². The molecule has 0 radical (unpaired) electrons. The van der Waals surface area contributed by atoms with Gasteiger partial charge in [-0.2, -0.15) is 0 Å². The Hall–Kier alpha value is -0.780. The molecule has 16 heavy (non-hydrogen) atoms. The Morgan fingerprint density at radius 2 is 2.31 bits per heavy atom. The summed E-state index contributed by atoms with van der Waals surface area (Å²) < 4.78 is 5.94. The largest absolute Gasteiger partial charge is 0.483 e. The van der Waals surface area contributed by atoms with Gasteiger partial charge in [0.15, 0.2) is 6.61 Å². The van der Waals surface area contributed by atoms with Crippen molar-refractivity contribution in [1.29, 1.82) is 0 Å². The first-order valence-electron chi connectivity index (χ1n) is 4.59. The highest BCUT2D eigenvalue weighted by Gasteiger charge is 2.05. The molecule has 0 aromatic heterocycles. The number of aliphatic hydroxyl groups is 1. The normalized spacial score (nSPS) is 9.94. The van der Waals surface area contributed by atoms with E-state index in [2.05, 4.69) is 21.2 Å². The zero-order chi connectivity index (χ0) is 12.0. The second-order valence-electron chi connectivity index (χ2n) is 2.94. The summed E-state index contributed by atoms with van der Waals surface area (Å²) in [5.74, 6) is 0.263. The minimum Gasteiger partial charge on any atom is -0.483 e. The SMILES string of the molecule is O=C(COc1ccc(Cl)cc1Br)NCCO. The highest BCUT2D eigenvalue weighted by Crippen LogP contribution is 2.27. The molecule has 0 aliphatic carbocycles. The molecule has 0 aliphatic heterocycles. The minimum absolute atomic E-state index is 0.0869. The molecule has 1 aromatic carbocycles. The summed E-state index contributed by atoms with van der Waals surface area (Å²) >= 11 is 9.02. The molecular formula is C10H11BrClNO3. The monoisotopic (exact) mass is 307 g/mol. The molecule has 1 rings (SSSR count). The summed E-state index contributed by atoms with van der Waals surface area (Å²) in [6.07, 6.45) is 0. The fraction of sp³-hybridized carbons (Fsp3) is 0.300. The number of hydrogen-bond donors (Lipinski definition) is 2. The molecule has 0 saturated carbocycles. The highest BCUT2D eigenvalue weighted by molar-refractivity contribution is 9.10. The molecule has 6 heteroatoms. The van der Waals surface area contributed by atoms with Crippen LogP contribution in [0.1, 0.15) is 0 Å². The van der Waals surface area contributed by atoms with E-state index in [1.54, 1.807) is 18.2 Å². The zero-order valence-electron chi connectivity index (χ0n) is 8.37. The van der Waals surface area contributed by atoms with Gasteiger partial charge < -0.3 is 15.2 Å². The van der Waals surface area contributed by atoms with E-state index >= 15 is 0 Å². The van der Waals surface area contributed by atoms with Gasteiger partial charge in [-0.15, -0.1) is 0 Å². The van der Waals surface area contributed by atoms with Crippen LogP contribution in [0.3, 0.4) is 0 Å². The summed E-state index contributed by atoms with van der Waals surface area (Å²) in [7, 11) is 0. The van der Waals surface area contributed by atoms with Gasteiger partial charge in [0, 0.05) is 11.6 Å². The highest BCUT2D eigenvalue weighted by atomic mass is 79.9. The van der Waals surface area contributed by atoms with Crippen LogP contribution in [0.5, 0.6) is 5.75 Å². The van der Waals surface area contributed by atoms with Crippen LogP contribution in [0.4, 0.5) is 0 Å². The molecule has 88 valence electrons. The number of halogens is 2. The van der Waals surface area contributed by atoms with Crippen LogP contribution in [0.15, 0.2) is 22.7 Å². The van der Waals surface area contributed by atoms with Crippen molar-refractivity contribution >= 4 is 33.4 Å². The van der Waals surface area contributed by atoms with E-state index in [1.807, 2.05) is 0 Å². The van der Waals surface area contributed by atoms with E-state index in [0.717, 1.165) is 0 Å². The third-order valence-corrected chi connectivity index (χ3v) is 2.54. The number of nitrogens with one attached hydrogen (secondary N) is 1. The first-order valence-corrected chi connectivity index (χ1v) is 5.76. The van der Waals surface area contributed by atoms with Crippen molar-refractivity contribution in [1.82, 2.24) is 5.32 Å². The van der Waals surface area contributed by atoms with E-state index in [0.29, 0.717) is 15.2 Å². The van der Waals surface area contributed by atoms with Gasteiger partial charge >= 0.3 is 0 Å². The number of amides is 1. The predicted molar refractivity (Wildman–Crippen MR) is 64.7 cm³/mol. The molecule has 0 bridgehead atoms. The number of aliphatic hydroxyl groups excluding tert-OH is 1. The number of carbonyl (C=O) groups excluding carboxylic acids is 1. The molecule has 2 N–H and O–H groups in total. The van der Waals surface area contributed by atoms with Gasteiger partial charge in [0.25, 0.3) is 5.91 Å². The number of carbonyl (C=O) groups is 1. The van der Waals surface area contributed by atoms with Crippen LogP contribution in [0, 0.1) is 0 Å². The Labute approximate surface area is 107 Å². The molecule has 0 saturated heterocycles. The lowest BCUT2D eigenvalue weighted by Crippen LogP contribution is -2.31. The molecule has 4 nitrogen and oxygen atoms in total. The van der Waals surface area contributed by atoms with Crippen LogP contribution in [-0.4, -0.2) is 30.8 Å². The summed E-state index contributed by atoms with van der Waals surface area (Å²) in [6.45, 7) is 0.0423. The lowest BCUT2D eigenvalue weighted by molar-refractivity contribution is -0.123. The van der Waals surface area contributed by atoms with E-state index in [-0.39, 0.29) is 25.7 Å². The molecule has 0 unspecified atom stereocenters. The average Bonchev–Trinajstić information content (AvgIpc) is 2.25. The van der Waals surface area contributed by atoms with Crippen LogP contribution in [-0.2, 0) is 4.79 Å². The topological polar surface area (TPSA) is 58.6 Å². The first-order chi connectivity index (χ1) is 7.63. The summed E-state index contributed by atoms with van der Waals surface area (Å²) in [5, 5.41) is 11.6. The van der Waals surface area contributed by atoms with Crippen LogP contribution in [0.2, 0.25) is 5.02 Å². The third-order valence-electron chi connectivity index (χ3n) is 1.69. The molecule has 0 aliphatic rings. The molecule has 0 atom stereocenters. The molecule has 0 heterocycles. The van der Waals surface area contributed by atoms with E-state index in [9.17, 15) is 4.79 Å². The van der Waals surface area contributed by atoms with Gasteiger partial charge in [-0.1, -0.05) is 11.6 Å². The van der Waals surface area contributed by atoms with Gasteiger partial charge in [0.1, 0.15) is 5.75 Å². The summed E-state index contributed by atoms with van der Waals surface area (Å²) in [5.41, 5.74) is 0. The number of ether oxygens (including phenoxy) is 1. The molecule has 0 fully saturated rings. The summed E-state index contributed by atoms with van der Waals surface area (Å²) in [6, 6.07) is 5.03. The first kappa shape index (κ1) is 13.3. The van der Waals surface area contributed by atoms with Gasteiger partial charge in [0.2, 0.25) is 0 Å². The Morgan fingerprint density at radius 3 is 2.94 bits per heavy atom. The Morgan fingerprint density at radius 1 is 1.56 bits per heavy atom. The number of hydrogen-bond acceptors (Lipinski definition) is 3. The fourth-order valence-electron chi connectivity index (χ4n) is 0.982. The Balaban J connectivity index is 2.45. The molecule has 1 amide bonds. The van der Waals surface area contributed by atoms with Crippen molar-refractivity contribution in [3.8, 4) is 5.75 Å². The van der Waals surface area contributed by atoms with Crippen molar-refractivity contribution < 1.29 is 14.6 Å². The van der Waals surface area contributed by atoms with Crippen molar-refractivity contribution in [2.75, 3.05) is 19.8 Å². The zero-order valence-corrected chi connectivity index (χ0v) is 10.7. The van der Waals surface area contributed by atoms with Crippen LogP contribution in [0.25, 0.3) is 0 Å². The number of benzene rings is 1. The van der Waals surface area contributed by atoms with Crippen molar-refractivity contribution in [2.24, 2.45) is 0 Å². The lowest BCUT2D eigenvalue weighted by Gasteiger charge is -2.08. The molecule has 1 aromatic rings. The van der Waals surface area contributed by atoms with E-state index < -0.39 is 0 Å². The lowest BCUT2D eigenvalue weighted by atomic mass is 10.3. The quantitative estimate of drug-likeness (QED) is 0.868. The predicted octanol–water partition coefficient (Wildman–Crippen LogP) is 1.59. The van der Waals surface area contributed by atoms with E-state index in [1.165, 1.54) is 0 Å². The van der Waals surface area contributed by atoms with Crippen molar-refractivity contribution in [3.05, 3.63) is 27.7 Å². The third kappa shape index (κ3) is 4.38. The van der Waals surface area contributed by atoms with Crippen molar-refractivity contribution in [2.45, 2.75) is 0 Å². The second kappa shape index (κ2) is 6.73. The van der Waals surface area contributed by atoms with Gasteiger partial charge in [0.05, 0.1) is 11.1 Å². The van der Waals surface area contributed by atoms with Crippen LogP contribution < -0.4 is 10.1 Å². The maximum Gasteiger partial charge on any atom is 0.258 e. The molecular weight excluding hydrogens is 297 g/mol. The maximum absolute atomic E-state index is 11.2. The minimum atomic E-state index is -0.282. The smallest absolute Gasteiger partial charge is 0.258 e. The summed E-state index contributed by atoms with van der Waals surface area (Å²) in [4.78, 5) is 11.2. The second-order valence-corrected chi connectivity index (χ2v) is 4.23. The van der Waals surface area contributed by atoms with Gasteiger partial charge in [-0.05, 0) is 34.1 Å². The Kier molecular flexibility index (Phi) is 5.59. The van der Waals surface area contributed by atoms with E-state index in [4.69, 9.17) is 21.4 Å². The standard InChI is InChI=1S/C10H11BrClNO3/c11-8-5-7(12)1-2-9(8)16-6-10(15)13-3-4-14/h1-2,5,14H,3-4,6H2,(H,13,15). The Bertz CT molecular complexity index is 373. The fourth-order valence-corrected chi connectivity index (χ4v) is 1.78. The molecule has 0 spiro atoms. The average molecular weight is 309 g/mol. The number of rotatable bonds is 5. The maximum atomic E-state index is 11.2. The van der Waals surface area contributed by atoms with Gasteiger partial charge in [-0.25, -0.2) is 0 Å². The van der Waals surface area contributed by atoms with Crippen molar-refractivity contribution in [3.63, 3.8) is 0 Å².